The molecule has 0 spiro atoms. The van der Waals surface area contributed by atoms with Crippen LogP contribution in [-0.2, 0) is 9.53 Å². The summed E-state index contributed by atoms with van der Waals surface area (Å²) in [7, 11) is 1.75. The molecule has 2 saturated heterocycles. The maximum atomic E-state index is 12.0. The Morgan fingerprint density at radius 3 is 2.73 bits per heavy atom. The first kappa shape index (κ1) is 22.1. The average Bonchev–Trinajstić information content (AvgIpc) is 3.40. The molecule has 0 radical (unpaired) electrons. The third kappa shape index (κ3) is 4.81. The smallest absolute Gasteiger partial charge is 0.263 e. The first-order valence-electron chi connectivity index (χ1n) is 10.9. The number of methoxy groups -OCH3 is 1. The molecule has 2 aromatic carbocycles. The molecule has 33 heavy (non-hydrogen) atoms. The normalized spacial score (nSPS) is 18.5. The number of aromatic nitrogens is 2. The van der Waals surface area contributed by atoms with Crippen LogP contribution >= 0.6 is 24.0 Å². The Morgan fingerprint density at radius 2 is 1.97 bits per heavy atom. The van der Waals surface area contributed by atoms with Gasteiger partial charge in [0.15, 0.2) is 0 Å². The highest BCUT2D eigenvalue weighted by Gasteiger charge is 2.22. The number of rotatable bonds is 6. The highest BCUT2D eigenvalue weighted by atomic mass is 32.2. The van der Waals surface area contributed by atoms with Gasteiger partial charge in [-0.05, 0) is 42.0 Å². The topological polar surface area (TPSA) is 62.6 Å². The molecule has 3 heterocycles. The summed E-state index contributed by atoms with van der Waals surface area (Å²) in [5, 5.41) is 2.66. The summed E-state index contributed by atoms with van der Waals surface area (Å²) < 4.78 is 7.80. The number of piperazine rings is 1. The zero-order valence-electron chi connectivity index (χ0n) is 18.4. The minimum atomic E-state index is -0.145. The van der Waals surface area contributed by atoms with E-state index < -0.39 is 0 Å². The molecule has 5 rings (SSSR count). The summed E-state index contributed by atoms with van der Waals surface area (Å²) in [6.45, 7) is 5.82. The van der Waals surface area contributed by atoms with Crippen LogP contribution in [0.5, 0.6) is 0 Å². The molecule has 1 amide bonds. The zero-order chi connectivity index (χ0) is 22.8. The number of carbonyl (C=O) groups is 1. The Labute approximate surface area is 202 Å². The Hall–Kier alpha value is -2.72. The van der Waals surface area contributed by atoms with E-state index in [-0.39, 0.29) is 5.91 Å². The van der Waals surface area contributed by atoms with Crippen molar-refractivity contribution in [3.8, 4) is 5.69 Å². The molecule has 0 saturated carbocycles. The van der Waals surface area contributed by atoms with Crippen molar-refractivity contribution in [1.29, 1.82) is 0 Å². The number of nitrogens with zero attached hydrogens (tertiary/aromatic N) is 4. The Balaban J connectivity index is 1.39. The molecule has 0 unspecified atom stereocenters. The number of fused-ring (bicyclic) bond motifs is 1. The van der Waals surface area contributed by atoms with E-state index in [1.807, 2.05) is 24.5 Å². The summed E-state index contributed by atoms with van der Waals surface area (Å²) >= 11 is 6.38. The standard InChI is InChI=1S/C24H25N5O2S2/c1-31-12-11-27-7-9-28(10-8-27)18-3-2-4-19(15-18)29-16-25-20-6-5-17(13-21(20)29)14-22-23(30)26-24(32)33-22/h2-6,13-16H,7-12H2,1H3,(H,26,30,32)/b22-14-. The van der Waals surface area contributed by atoms with Crippen molar-refractivity contribution in [2.45, 2.75) is 0 Å². The fourth-order valence-electron chi connectivity index (χ4n) is 4.18. The van der Waals surface area contributed by atoms with Gasteiger partial charge in [-0.15, -0.1) is 0 Å². The number of hydrogen-bond donors (Lipinski definition) is 1. The van der Waals surface area contributed by atoms with Crippen molar-refractivity contribution in [2.75, 3.05) is 51.3 Å². The van der Waals surface area contributed by atoms with Crippen LogP contribution in [0.2, 0.25) is 0 Å². The first-order chi connectivity index (χ1) is 16.1. The summed E-state index contributed by atoms with van der Waals surface area (Å²) in [6.07, 6.45) is 3.73. The van der Waals surface area contributed by atoms with Crippen LogP contribution in [0.25, 0.3) is 22.8 Å². The number of ether oxygens (including phenoxy) is 1. The predicted octanol–water partition coefficient (Wildman–Crippen LogP) is 3.28. The third-order valence-corrected chi connectivity index (χ3v) is 7.13. The number of hydrogen-bond acceptors (Lipinski definition) is 7. The minimum Gasteiger partial charge on any atom is -0.383 e. The van der Waals surface area contributed by atoms with Crippen LogP contribution in [0.15, 0.2) is 53.7 Å². The van der Waals surface area contributed by atoms with Crippen LogP contribution in [-0.4, -0.2) is 71.1 Å². The van der Waals surface area contributed by atoms with Gasteiger partial charge in [-0.3, -0.25) is 14.3 Å². The van der Waals surface area contributed by atoms with Gasteiger partial charge in [-0.2, -0.15) is 0 Å². The molecule has 0 aliphatic carbocycles. The number of thiocarbonyl (C=S) groups is 1. The number of nitrogens with one attached hydrogen (secondary N) is 1. The molecular weight excluding hydrogens is 454 g/mol. The molecule has 170 valence electrons. The second-order valence-corrected chi connectivity index (χ2v) is 9.78. The quantitative estimate of drug-likeness (QED) is 0.430. The van der Waals surface area contributed by atoms with Crippen molar-refractivity contribution in [3.05, 3.63) is 59.3 Å². The predicted molar refractivity (Wildman–Crippen MR) is 138 cm³/mol. The molecule has 2 aliphatic rings. The van der Waals surface area contributed by atoms with Gasteiger partial charge < -0.3 is 15.0 Å². The molecule has 3 aromatic rings. The van der Waals surface area contributed by atoms with Gasteiger partial charge in [-0.1, -0.05) is 36.1 Å². The molecule has 9 heteroatoms. The Kier molecular flexibility index (Phi) is 6.45. The van der Waals surface area contributed by atoms with Gasteiger partial charge in [0.25, 0.3) is 5.91 Å². The fourth-order valence-corrected chi connectivity index (χ4v) is 5.23. The Bertz CT molecular complexity index is 1230. The van der Waals surface area contributed by atoms with E-state index in [2.05, 4.69) is 55.0 Å². The van der Waals surface area contributed by atoms with Crippen LogP contribution < -0.4 is 10.2 Å². The fraction of sp³-hybridized carbons (Fsp3) is 0.292. The number of anilines is 1. The lowest BCUT2D eigenvalue weighted by molar-refractivity contribution is -0.115. The van der Waals surface area contributed by atoms with Gasteiger partial charge in [0.05, 0.1) is 22.5 Å². The summed E-state index contributed by atoms with van der Waals surface area (Å²) in [4.78, 5) is 22.1. The average molecular weight is 480 g/mol. The van der Waals surface area contributed by atoms with Gasteiger partial charge in [0.1, 0.15) is 10.6 Å². The highest BCUT2D eigenvalue weighted by molar-refractivity contribution is 8.26. The highest BCUT2D eigenvalue weighted by Crippen LogP contribution is 2.28. The molecule has 1 N–H and O–H groups in total. The van der Waals surface area contributed by atoms with Crippen molar-refractivity contribution in [3.63, 3.8) is 0 Å². The molecule has 2 fully saturated rings. The van der Waals surface area contributed by atoms with Crippen LogP contribution in [0.3, 0.4) is 0 Å². The van der Waals surface area contributed by atoms with Crippen molar-refractivity contribution < 1.29 is 9.53 Å². The third-order valence-electron chi connectivity index (χ3n) is 5.97. The lowest BCUT2D eigenvalue weighted by Crippen LogP contribution is -2.47. The van der Waals surface area contributed by atoms with Gasteiger partial charge in [-0.25, -0.2) is 4.98 Å². The summed E-state index contributed by atoms with van der Waals surface area (Å²) in [6, 6.07) is 14.6. The van der Waals surface area contributed by atoms with E-state index in [0.717, 1.165) is 61.6 Å². The van der Waals surface area contributed by atoms with Crippen LogP contribution in [0.1, 0.15) is 5.56 Å². The summed E-state index contributed by atoms with van der Waals surface area (Å²) in [5.41, 5.74) is 5.13. The van der Waals surface area contributed by atoms with Crippen LogP contribution in [0, 0.1) is 0 Å². The molecule has 0 bridgehead atoms. The molecular formula is C24H25N5O2S2. The maximum Gasteiger partial charge on any atom is 0.263 e. The maximum absolute atomic E-state index is 12.0. The van der Waals surface area contributed by atoms with E-state index in [1.165, 1.54) is 17.4 Å². The Morgan fingerprint density at radius 1 is 1.15 bits per heavy atom. The number of thioether (sulfide) groups is 1. The van der Waals surface area contributed by atoms with Crippen molar-refractivity contribution >= 4 is 57.0 Å². The number of amides is 1. The van der Waals surface area contributed by atoms with Crippen LogP contribution in [0.4, 0.5) is 5.69 Å². The lowest BCUT2D eigenvalue weighted by Gasteiger charge is -2.36. The number of carbonyl (C=O) groups excluding carboxylic acids is 1. The van der Waals surface area contributed by atoms with Gasteiger partial charge in [0.2, 0.25) is 0 Å². The van der Waals surface area contributed by atoms with Gasteiger partial charge >= 0.3 is 0 Å². The molecule has 2 aliphatic heterocycles. The molecule has 7 nitrogen and oxygen atoms in total. The van der Waals surface area contributed by atoms with Gasteiger partial charge in [0, 0.05) is 51.2 Å². The summed E-state index contributed by atoms with van der Waals surface area (Å²) in [5.74, 6) is -0.145. The second kappa shape index (κ2) is 9.64. The second-order valence-electron chi connectivity index (χ2n) is 8.06. The first-order valence-corrected chi connectivity index (χ1v) is 12.1. The zero-order valence-corrected chi connectivity index (χ0v) is 20.0. The van der Waals surface area contributed by atoms with E-state index in [4.69, 9.17) is 17.0 Å². The van der Waals surface area contributed by atoms with E-state index >= 15 is 0 Å². The molecule has 0 atom stereocenters. The number of benzene rings is 2. The van der Waals surface area contributed by atoms with E-state index in [0.29, 0.717) is 9.23 Å². The monoisotopic (exact) mass is 479 g/mol. The SMILES string of the molecule is COCCN1CCN(c2cccc(-n3cnc4ccc(/C=C5\SC(=S)NC5=O)cc43)c2)CC1. The van der Waals surface area contributed by atoms with Crippen molar-refractivity contribution in [1.82, 2.24) is 19.8 Å². The largest absolute Gasteiger partial charge is 0.383 e. The number of imidazole rings is 1. The van der Waals surface area contributed by atoms with E-state index in [9.17, 15) is 4.79 Å². The molecule has 1 aromatic heterocycles. The lowest BCUT2D eigenvalue weighted by atomic mass is 10.1. The van der Waals surface area contributed by atoms with Crippen molar-refractivity contribution in [2.24, 2.45) is 0 Å². The van der Waals surface area contributed by atoms with E-state index in [1.54, 1.807) is 7.11 Å². The minimum absolute atomic E-state index is 0.145.